The molecule has 96 valence electrons. The Hall–Kier alpha value is -1.53. The lowest BCUT2D eigenvalue weighted by Gasteiger charge is -2.10. The van der Waals surface area contributed by atoms with Crippen LogP contribution in [0.25, 0.3) is 5.57 Å². The van der Waals surface area contributed by atoms with Gasteiger partial charge >= 0.3 is 0 Å². The van der Waals surface area contributed by atoms with Crippen LogP contribution in [0.4, 0.5) is 0 Å². The van der Waals surface area contributed by atoms with Crippen LogP contribution < -0.4 is 0 Å². The van der Waals surface area contributed by atoms with E-state index in [0.717, 1.165) is 17.9 Å². The van der Waals surface area contributed by atoms with E-state index in [0.29, 0.717) is 5.92 Å². The Balaban J connectivity index is 2.17. The minimum absolute atomic E-state index is 0.373. The zero-order chi connectivity index (χ0) is 13.2. The van der Waals surface area contributed by atoms with Gasteiger partial charge in [0.15, 0.2) is 0 Å². The number of allylic oxidation sites excluding steroid dienone is 1. The predicted octanol–water partition coefficient (Wildman–Crippen LogP) is 5.58. The lowest BCUT2D eigenvalue weighted by atomic mass is 9.96. The van der Waals surface area contributed by atoms with Gasteiger partial charge in [-0.05, 0) is 23.1 Å². The van der Waals surface area contributed by atoms with Crippen LogP contribution in [0.1, 0.15) is 42.4 Å². The van der Waals surface area contributed by atoms with Crippen molar-refractivity contribution in [1.29, 1.82) is 0 Å². The van der Waals surface area contributed by atoms with E-state index < -0.39 is 0 Å². The van der Waals surface area contributed by atoms with Gasteiger partial charge in [-0.25, -0.2) is 0 Å². The van der Waals surface area contributed by atoms with Gasteiger partial charge in [0.1, 0.15) is 0 Å². The number of rotatable bonds is 3. The third-order valence-corrected chi connectivity index (χ3v) is 4.24. The molecular weight excluding hydrogens is 252 g/mol. The summed E-state index contributed by atoms with van der Waals surface area (Å²) < 4.78 is 0. The van der Waals surface area contributed by atoms with E-state index in [1.165, 1.54) is 22.3 Å². The summed E-state index contributed by atoms with van der Waals surface area (Å²) in [5, 5.41) is 1.01. The zero-order valence-corrected chi connectivity index (χ0v) is 11.8. The first-order chi connectivity index (χ1) is 9.33. The Morgan fingerprint density at radius 2 is 1.63 bits per heavy atom. The first kappa shape index (κ1) is 12.5. The number of benzene rings is 2. The molecule has 0 radical (unpaired) electrons. The van der Waals surface area contributed by atoms with Crippen molar-refractivity contribution in [3.63, 3.8) is 0 Å². The van der Waals surface area contributed by atoms with Gasteiger partial charge in [0.2, 0.25) is 0 Å². The van der Waals surface area contributed by atoms with E-state index >= 15 is 0 Å². The van der Waals surface area contributed by atoms with Crippen molar-refractivity contribution in [2.45, 2.75) is 25.7 Å². The Labute approximate surface area is 119 Å². The molecule has 2 aromatic carbocycles. The van der Waals surface area contributed by atoms with Gasteiger partial charge in [0.05, 0.1) is 0 Å². The first-order valence-electron chi connectivity index (χ1n) is 6.87. The molecule has 0 fully saturated rings. The van der Waals surface area contributed by atoms with Gasteiger partial charge in [0, 0.05) is 16.5 Å². The largest absolute Gasteiger partial charge is 0.0878 e. The van der Waals surface area contributed by atoms with Gasteiger partial charge in [-0.1, -0.05) is 79.5 Å². The van der Waals surface area contributed by atoms with Gasteiger partial charge in [-0.15, -0.1) is 0 Å². The molecule has 0 saturated heterocycles. The van der Waals surface area contributed by atoms with Crippen LogP contribution in [-0.4, -0.2) is 0 Å². The quantitative estimate of drug-likeness (QED) is 0.681. The Morgan fingerprint density at radius 3 is 2.37 bits per heavy atom. The van der Waals surface area contributed by atoms with E-state index in [4.69, 9.17) is 11.6 Å². The topological polar surface area (TPSA) is 0 Å². The number of halogens is 1. The molecule has 1 atom stereocenters. The predicted molar refractivity (Wildman–Crippen MR) is 82.4 cm³/mol. The molecule has 19 heavy (non-hydrogen) atoms. The van der Waals surface area contributed by atoms with E-state index in [9.17, 15) is 0 Å². The standard InChI is InChI=1S/C18H17Cl/c1-2-8-16-14-11-6-7-12-15(14)17(18(16)19)13-9-4-3-5-10-13/h3-7,9-12,16H,2,8H2,1H3. The second kappa shape index (κ2) is 5.22. The van der Waals surface area contributed by atoms with Crippen LogP contribution in [0.5, 0.6) is 0 Å². The average molecular weight is 269 g/mol. The molecule has 0 bridgehead atoms. The van der Waals surface area contributed by atoms with Crippen molar-refractivity contribution in [3.8, 4) is 0 Å². The number of hydrogen-bond acceptors (Lipinski definition) is 0. The summed E-state index contributed by atoms with van der Waals surface area (Å²) in [5.41, 5.74) is 5.13. The van der Waals surface area contributed by atoms with Crippen molar-refractivity contribution < 1.29 is 0 Å². The fraction of sp³-hybridized carbons (Fsp3) is 0.222. The van der Waals surface area contributed by atoms with Gasteiger partial charge in [-0.3, -0.25) is 0 Å². The highest BCUT2D eigenvalue weighted by molar-refractivity contribution is 6.35. The summed E-state index contributed by atoms with van der Waals surface area (Å²) in [5.74, 6) is 0.373. The smallest absolute Gasteiger partial charge is 0.0340 e. The molecule has 1 aliphatic carbocycles. The molecule has 2 aromatic rings. The van der Waals surface area contributed by atoms with Crippen LogP contribution in [-0.2, 0) is 0 Å². The second-order valence-electron chi connectivity index (χ2n) is 5.02. The molecular formula is C18H17Cl. The van der Waals surface area contributed by atoms with Crippen LogP contribution in [0.2, 0.25) is 0 Å². The van der Waals surface area contributed by atoms with E-state index in [1.54, 1.807) is 0 Å². The van der Waals surface area contributed by atoms with Crippen molar-refractivity contribution in [3.05, 3.63) is 76.3 Å². The molecule has 0 aromatic heterocycles. The third kappa shape index (κ3) is 2.11. The Kier molecular flexibility index (Phi) is 3.44. The summed E-state index contributed by atoms with van der Waals surface area (Å²) in [6.45, 7) is 2.22. The molecule has 0 N–H and O–H groups in total. The zero-order valence-electron chi connectivity index (χ0n) is 11.1. The number of fused-ring (bicyclic) bond motifs is 1. The molecule has 0 spiro atoms. The summed E-state index contributed by atoms with van der Waals surface area (Å²) >= 11 is 6.70. The van der Waals surface area contributed by atoms with Crippen LogP contribution in [0.15, 0.2) is 59.6 Å². The molecule has 3 rings (SSSR count). The van der Waals surface area contributed by atoms with Crippen molar-refractivity contribution in [1.82, 2.24) is 0 Å². The lowest BCUT2D eigenvalue weighted by molar-refractivity contribution is 0.717. The molecule has 0 amide bonds. The average Bonchev–Trinajstić information content (AvgIpc) is 2.73. The van der Waals surface area contributed by atoms with E-state index in [-0.39, 0.29) is 0 Å². The monoisotopic (exact) mass is 268 g/mol. The van der Waals surface area contributed by atoms with E-state index in [1.807, 2.05) is 6.07 Å². The summed E-state index contributed by atoms with van der Waals surface area (Å²) in [6, 6.07) is 19.1. The van der Waals surface area contributed by atoms with Gasteiger partial charge < -0.3 is 0 Å². The molecule has 0 aliphatic heterocycles. The third-order valence-electron chi connectivity index (χ3n) is 3.79. The maximum absolute atomic E-state index is 6.70. The summed E-state index contributed by atoms with van der Waals surface area (Å²) in [7, 11) is 0. The van der Waals surface area contributed by atoms with Gasteiger partial charge in [-0.2, -0.15) is 0 Å². The molecule has 0 heterocycles. The molecule has 1 heteroatoms. The van der Waals surface area contributed by atoms with Crippen LogP contribution in [0, 0.1) is 0 Å². The first-order valence-corrected chi connectivity index (χ1v) is 7.25. The van der Waals surface area contributed by atoms with Crippen molar-refractivity contribution >= 4 is 17.2 Å². The van der Waals surface area contributed by atoms with Gasteiger partial charge in [0.25, 0.3) is 0 Å². The molecule has 1 unspecified atom stereocenters. The highest BCUT2D eigenvalue weighted by Gasteiger charge is 2.29. The van der Waals surface area contributed by atoms with Crippen LogP contribution >= 0.6 is 11.6 Å². The highest BCUT2D eigenvalue weighted by atomic mass is 35.5. The summed E-state index contributed by atoms with van der Waals surface area (Å²) in [6.07, 6.45) is 2.27. The van der Waals surface area contributed by atoms with Crippen molar-refractivity contribution in [2.24, 2.45) is 0 Å². The minimum atomic E-state index is 0.373. The summed E-state index contributed by atoms with van der Waals surface area (Å²) in [4.78, 5) is 0. The van der Waals surface area contributed by atoms with Crippen molar-refractivity contribution in [2.75, 3.05) is 0 Å². The lowest BCUT2D eigenvalue weighted by Crippen LogP contribution is -1.94. The SMILES string of the molecule is CCCC1C(Cl)=C(c2ccccc2)c2ccccc21. The maximum Gasteiger partial charge on any atom is 0.0340 e. The van der Waals surface area contributed by atoms with Crippen LogP contribution in [0.3, 0.4) is 0 Å². The second-order valence-corrected chi connectivity index (χ2v) is 5.42. The molecule has 1 aliphatic rings. The fourth-order valence-corrected chi connectivity index (χ4v) is 3.37. The Morgan fingerprint density at radius 1 is 0.947 bits per heavy atom. The number of hydrogen-bond donors (Lipinski definition) is 0. The fourth-order valence-electron chi connectivity index (χ4n) is 2.94. The Bertz CT molecular complexity index is 611. The molecule has 0 saturated carbocycles. The molecule has 0 nitrogen and oxygen atoms in total. The normalized spacial score (nSPS) is 17.7. The maximum atomic E-state index is 6.70. The minimum Gasteiger partial charge on any atom is -0.0878 e. The highest BCUT2D eigenvalue weighted by Crippen LogP contribution is 2.48. The van der Waals surface area contributed by atoms with E-state index in [2.05, 4.69) is 55.5 Å².